The number of ketones is 1. The normalized spacial score (nSPS) is 10.0. The summed E-state index contributed by atoms with van der Waals surface area (Å²) in [7, 11) is 3.15. The molecule has 1 aromatic carbocycles. The Kier molecular flexibility index (Phi) is 5.85. The van der Waals surface area contributed by atoms with E-state index >= 15 is 0 Å². The molecule has 0 fully saturated rings. The van der Waals surface area contributed by atoms with Crippen molar-refractivity contribution in [2.75, 3.05) is 14.2 Å². The van der Waals surface area contributed by atoms with Crippen LogP contribution in [0.1, 0.15) is 24.8 Å². The van der Waals surface area contributed by atoms with Crippen LogP contribution >= 0.6 is 0 Å². The molecule has 0 unspecified atom stereocenters. The van der Waals surface area contributed by atoms with E-state index in [1.807, 2.05) is 18.2 Å². The predicted octanol–water partition coefficient (Wildman–Crippen LogP) is 2.07. The zero-order valence-corrected chi connectivity index (χ0v) is 11.1. The van der Waals surface area contributed by atoms with Gasteiger partial charge < -0.3 is 14.6 Å². The number of Topliss-reactive ketones (excluding diaryl/α,β-unsaturated/α-hetero) is 1. The van der Waals surface area contributed by atoms with Crippen LogP contribution in [0.15, 0.2) is 18.2 Å². The highest BCUT2D eigenvalue weighted by molar-refractivity contribution is 6.32. The third-order valence-corrected chi connectivity index (χ3v) is 2.81. The molecule has 1 rings (SSSR count). The Labute approximate surface area is 112 Å². The van der Waals surface area contributed by atoms with E-state index < -0.39 is 11.8 Å². The molecule has 0 aliphatic rings. The average molecular weight is 266 g/mol. The van der Waals surface area contributed by atoms with E-state index in [-0.39, 0.29) is 6.42 Å². The first-order valence-corrected chi connectivity index (χ1v) is 6.05. The zero-order valence-electron chi connectivity index (χ0n) is 11.1. The molecule has 5 nitrogen and oxygen atoms in total. The van der Waals surface area contributed by atoms with Crippen LogP contribution in [0.4, 0.5) is 0 Å². The number of carboxylic acid groups (broad SMARTS) is 1. The molecule has 0 spiro atoms. The number of rotatable bonds is 8. The Hall–Kier alpha value is -2.04. The standard InChI is InChI=1S/C14H18O5/c1-18-12-8-7-10(9-13(12)19-2)5-3-4-6-11(15)14(16)17/h7-9H,3-6H2,1-2H3,(H,16,17). The molecule has 1 aromatic rings. The molecule has 0 atom stereocenters. The Morgan fingerprint density at radius 3 is 2.37 bits per heavy atom. The number of aryl methyl sites for hydroxylation is 1. The monoisotopic (exact) mass is 266 g/mol. The summed E-state index contributed by atoms with van der Waals surface area (Å²) in [5.74, 6) is -0.743. The molecule has 5 heteroatoms. The van der Waals surface area contributed by atoms with Crippen LogP contribution in [0.5, 0.6) is 11.5 Å². The lowest BCUT2D eigenvalue weighted by Gasteiger charge is -2.09. The minimum atomic E-state index is -1.36. The Balaban J connectivity index is 2.45. The van der Waals surface area contributed by atoms with Gasteiger partial charge >= 0.3 is 5.97 Å². The van der Waals surface area contributed by atoms with Gasteiger partial charge in [-0.05, 0) is 37.0 Å². The van der Waals surface area contributed by atoms with E-state index in [1.54, 1.807) is 14.2 Å². The van der Waals surface area contributed by atoms with Crippen molar-refractivity contribution in [1.82, 2.24) is 0 Å². The highest BCUT2D eigenvalue weighted by Gasteiger charge is 2.10. The lowest BCUT2D eigenvalue weighted by molar-refractivity contribution is -0.149. The summed E-state index contributed by atoms with van der Waals surface area (Å²) in [6, 6.07) is 5.65. The van der Waals surface area contributed by atoms with Crippen LogP contribution in [0.2, 0.25) is 0 Å². The van der Waals surface area contributed by atoms with Crippen molar-refractivity contribution in [2.24, 2.45) is 0 Å². The number of hydrogen-bond donors (Lipinski definition) is 1. The number of benzene rings is 1. The van der Waals surface area contributed by atoms with Crippen molar-refractivity contribution in [3.63, 3.8) is 0 Å². The first kappa shape index (κ1) is 15.0. The number of unbranched alkanes of at least 4 members (excludes halogenated alkanes) is 1. The fourth-order valence-electron chi connectivity index (χ4n) is 1.76. The van der Waals surface area contributed by atoms with Crippen molar-refractivity contribution < 1.29 is 24.2 Å². The van der Waals surface area contributed by atoms with Crippen molar-refractivity contribution >= 4 is 11.8 Å². The summed E-state index contributed by atoms with van der Waals surface area (Å²) in [4.78, 5) is 21.2. The Morgan fingerprint density at radius 1 is 1.11 bits per heavy atom. The molecule has 0 aliphatic heterocycles. The number of hydrogen-bond acceptors (Lipinski definition) is 4. The van der Waals surface area contributed by atoms with Gasteiger partial charge in [-0.1, -0.05) is 6.07 Å². The van der Waals surface area contributed by atoms with E-state index in [1.165, 1.54) is 0 Å². The van der Waals surface area contributed by atoms with Gasteiger partial charge in [0.2, 0.25) is 5.78 Å². The number of carbonyl (C=O) groups is 2. The summed E-state index contributed by atoms with van der Waals surface area (Å²) >= 11 is 0. The zero-order chi connectivity index (χ0) is 14.3. The first-order valence-electron chi connectivity index (χ1n) is 6.05. The third-order valence-electron chi connectivity index (χ3n) is 2.81. The van der Waals surface area contributed by atoms with Crippen LogP contribution < -0.4 is 9.47 Å². The van der Waals surface area contributed by atoms with Crippen molar-refractivity contribution in [1.29, 1.82) is 0 Å². The van der Waals surface area contributed by atoms with E-state index in [9.17, 15) is 9.59 Å². The Morgan fingerprint density at radius 2 is 1.79 bits per heavy atom. The molecule has 0 bridgehead atoms. The molecule has 0 saturated carbocycles. The van der Waals surface area contributed by atoms with Gasteiger partial charge in [-0.15, -0.1) is 0 Å². The minimum Gasteiger partial charge on any atom is -0.493 e. The Bertz CT molecular complexity index is 453. The largest absolute Gasteiger partial charge is 0.493 e. The van der Waals surface area contributed by atoms with Crippen molar-refractivity contribution in [3.8, 4) is 11.5 Å². The van der Waals surface area contributed by atoms with Crippen LogP contribution in [0.3, 0.4) is 0 Å². The number of carbonyl (C=O) groups excluding carboxylic acids is 1. The van der Waals surface area contributed by atoms with E-state index in [2.05, 4.69) is 0 Å². The minimum absolute atomic E-state index is 0.0859. The lowest BCUT2D eigenvalue weighted by atomic mass is 10.1. The molecule has 19 heavy (non-hydrogen) atoms. The number of carboxylic acids is 1. The molecular weight excluding hydrogens is 248 g/mol. The summed E-state index contributed by atoms with van der Waals surface area (Å²) in [5, 5.41) is 8.44. The predicted molar refractivity (Wildman–Crippen MR) is 69.7 cm³/mol. The quantitative estimate of drug-likeness (QED) is 0.576. The first-order chi connectivity index (χ1) is 9.08. The van der Waals surface area contributed by atoms with Gasteiger partial charge in [-0.2, -0.15) is 0 Å². The highest BCUT2D eigenvalue weighted by Crippen LogP contribution is 2.28. The molecule has 0 radical (unpaired) electrons. The summed E-state index contributed by atoms with van der Waals surface area (Å²) < 4.78 is 10.3. The molecule has 0 saturated heterocycles. The fourth-order valence-corrected chi connectivity index (χ4v) is 1.76. The molecule has 0 aromatic heterocycles. The maximum atomic E-state index is 10.9. The van der Waals surface area contributed by atoms with Gasteiger partial charge in [-0.25, -0.2) is 4.79 Å². The summed E-state index contributed by atoms with van der Waals surface area (Å²) in [6.07, 6.45) is 2.18. The number of aliphatic carboxylic acids is 1. The molecular formula is C14H18O5. The second-order valence-electron chi connectivity index (χ2n) is 4.12. The van der Waals surface area contributed by atoms with E-state index in [0.717, 1.165) is 18.4 Å². The van der Waals surface area contributed by atoms with Gasteiger partial charge in [0, 0.05) is 6.42 Å². The van der Waals surface area contributed by atoms with Crippen LogP contribution in [-0.4, -0.2) is 31.1 Å². The second-order valence-corrected chi connectivity index (χ2v) is 4.12. The third kappa shape index (κ3) is 4.62. The molecule has 0 heterocycles. The van der Waals surface area contributed by atoms with Gasteiger partial charge in [0.15, 0.2) is 11.5 Å². The summed E-state index contributed by atoms with van der Waals surface area (Å²) in [5.41, 5.74) is 1.07. The molecule has 1 N–H and O–H groups in total. The van der Waals surface area contributed by atoms with E-state index in [0.29, 0.717) is 17.9 Å². The van der Waals surface area contributed by atoms with Gasteiger partial charge in [-0.3, -0.25) is 4.79 Å². The van der Waals surface area contributed by atoms with Crippen LogP contribution in [0, 0.1) is 0 Å². The van der Waals surface area contributed by atoms with Crippen molar-refractivity contribution in [3.05, 3.63) is 23.8 Å². The van der Waals surface area contributed by atoms with Gasteiger partial charge in [0.1, 0.15) is 0 Å². The second kappa shape index (κ2) is 7.41. The molecule has 0 aliphatic carbocycles. The number of methoxy groups -OCH3 is 2. The van der Waals surface area contributed by atoms with E-state index in [4.69, 9.17) is 14.6 Å². The maximum Gasteiger partial charge on any atom is 0.372 e. The number of ether oxygens (including phenoxy) is 2. The summed E-state index contributed by atoms with van der Waals surface area (Å²) in [6.45, 7) is 0. The highest BCUT2D eigenvalue weighted by atomic mass is 16.5. The smallest absolute Gasteiger partial charge is 0.372 e. The van der Waals surface area contributed by atoms with Gasteiger partial charge in [0.05, 0.1) is 14.2 Å². The molecule has 0 amide bonds. The van der Waals surface area contributed by atoms with Gasteiger partial charge in [0.25, 0.3) is 0 Å². The molecule has 104 valence electrons. The topological polar surface area (TPSA) is 72.8 Å². The average Bonchev–Trinajstić information content (AvgIpc) is 2.42. The van der Waals surface area contributed by atoms with Crippen molar-refractivity contribution in [2.45, 2.75) is 25.7 Å². The van der Waals surface area contributed by atoms with Crippen LogP contribution in [0.25, 0.3) is 0 Å². The van der Waals surface area contributed by atoms with Crippen LogP contribution in [-0.2, 0) is 16.0 Å². The maximum absolute atomic E-state index is 10.9. The fraction of sp³-hybridized carbons (Fsp3) is 0.429. The lowest BCUT2D eigenvalue weighted by Crippen LogP contribution is -2.11. The SMILES string of the molecule is COc1ccc(CCCCC(=O)C(=O)O)cc1OC.